The van der Waals surface area contributed by atoms with Gasteiger partial charge in [-0.25, -0.2) is 13.2 Å². The Morgan fingerprint density at radius 2 is 1.70 bits per heavy atom. The summed E-state index contributed by atoms with van der Waals surface area (Å²) in [5.41, 5.74) is 6.61. The quantitative estimate of drug-likeness (QED) is 0.239. The first kappa shape index (κ1) is 27.4. The molecule has 40 heavy (non-hydrogen) atoms. The minimum atomic E-state index is -3.40. The minimum absolute atomic E-state index is 0.238. The third-order valence-electron chi connectivity index (χ3n) is 6.88. The van der Waals surface area contributed by atoms with Gasteiger partial charge >= 0.3 is 5.97 Å². The summed E-state index contributed by atoms with van der Waals surface area (Å²) in [6, 6.07) is 21.9. The predicted molar refractivity (Wildman–Crippen MR) is 159 cm³/mol. The van der Waals surface area contributed by atoms with Crippen LogP contribution in [0.25, 0.3) is 5.69 Å². The van der Waals surface area contributed by atoms with Crippen LogP contribution < -0.4 is 14.9 Å². The van der Waals surface area contributed by atoms with Gasteiger partial charge in [-0.2, -0.15) is 0 Å². The summed E-state index contributed by atoms with van der Waals surface area (Å²) in [5, 5.41) is 4.00. The number of sulfonamides is 1. The molecule has 2 N–H and O–H groups in total. The molecule has 0 unspecified atom stereocenters. The van der Waals surface area contributed by atoms with Crippen molar-refractivity contribution in [2.24, 2.45) is 0 Å². The molecule has 206 valence electrons. The van der Waals surface area contributed by atoms with Crippen LogP contribution in [0, 0.1) is 13.8 Å². The number of thiocarbonyl (C=S) groups is 1. The zero-order chi connectivity index (χ0) is 28.6. The second-order valence-corrected chi connectivity index (χ2v) is 11.8. The lowest BCUT2D eigenvalue weighted by Gasteiger charge is -2.28. The molecule has 1 aliphatic rings. The summed E-state index contributed by atoms with van der Waals surface area (Å²) in [7, 11) is -2.04. The van der Waals surface area contributed by atoms with Crippen LogP contribution in [-0.2, 0) is 14.8 Å². The Morgan fingerprint density at radius 3 is 2.30 bits per heavy atom. The average Bonchev–Trinajstić information content (AvgIpc) is 3.43. The number of benzene rings is 2. The number of carbonyl (C=O) groups is 1. The largest absolute Gasteiger partial charge is 0.465 e. The van der Waals surface area contributed by atoms with E-state index >= 15 is 0 Å². The smallest absolute Gasteiger partial charge is 0.337 e. The van der Waals surface area contributed by atoms with Gasteiger partial charge in [0.2, 0.25) is 10.0 Å². The third-order valence-corrected chi connectivity index (χ3v) is 7.80. The molecule has 0 bridgehead atoms. The van der Waals surface area contributed by atoms with Gasteiger partial charge in [-0.15, -0.1) is 0 Å². The summed E-state index contributed by atoms with van der Waals surface area (Å²) in [6.45, 7) is 4.10. The van der Waals surface area contributed by atoms with Crippen molar-refractivity contribution >= 4 is 44.7 Å². The van der Waals surface area contributed by atoms with Crippen LogP contribution in [0.2, 0.25) is 0 Å². The van der Waals surface area contributed by atoms with Crippen molar-refractivity contribution in [1.82, 2.24) is 14.9 Å². The molecule has 0 saturated carbocycles. The molecule has 4 aromatic rings. The second-order valence-electron chi connectivity index (χ2n) is 9.62. The van der Waals surface area contributed by atoms with Crippen molar-refractivity contribution in [2.45, 2.75) is 25.9 Å². The molecule has 3 heterocycles. The van der Waals surface area contributed by atoms with Gasteiger partial charge in [0.1, 0.15) is 0 Å². The van der Waals surface area contributed by atoms with Gasteiger partial charge in [-0.3, -0.25) is 9.71 Å². The molecular weight excluding hydrogens is 546 g/mol. The fraction of sp³-hybridized carbons (Fsp3) is 0.207. The van der Waals surface area contributed by atoms with E-state index in [2.05, 4.69) is 32.6 Å². The van der Waals surface area contributed by atoms with Gasteiger partial charge in [0.05, 0.1) is 36.7 Å². The standard InChI is InChI=1S/C29H29N5O4S2/c1-18-17-24(19(2)33(18)22-12-8-20(9-13-22)28(35)38-3)27-26(25-7-5-6-16-30-25)31-29(39)34(27)23-14-10-21(11-15-23)32-40(4,36)37/h5-17,26-27,32H,1-4H3,(H,31,39)/t26-,27+/m0/s1. The number of hydrogen-bond acceptors (Lipinski definition) is 6. The number of esters is 1. The molecule has 0 aliphatic carbocycles. The first-order chi connectivity index (χ1) is 19.1. The van der Waals surface area contributed by atoms with Gasteiger partial charge in [-0.1, -0.05) is 6.07 Å². The summed E-state index contributed by atoms with van der Waals surface area (Å²) in [5.74, 6) is -0.384. The van der Waals surface area contributed by atoms with Gasteiger partial charge in [0, 0.05) is 34.6 Å². The molecule has 2 atom stereocenters. The number of ether oxygens (including phenoxy) is 1. The van der Waals surface area contributed by atoms with Crippen LogP contribution in [0.1, 0.15) is 45.1 Å². The third kappa shape index (κ3) is 5.30. The van der Waals surface area contributed by atoms with Gasteiger partial charge in [-0.05, 0) is 98.4 Å². The molecule has 9 nitrogen and oxygen atoms in total. The molecular formula is C29H29N5O4S2. The van der Waals surface area contributed by atoms with Crippen molar-refractivity contribution in [2.75, 3.05) is 23.0 Å². The van der Waals surface area contributed by atoms with E-state index in [1.54, 1.807) is 30.5 Å². The van der Waals surface area contributed by atoms with Crippen LogP contribution >= 0.6 is 12.2 Å². The normalized spacial score (nSPS) is 17.0. The number of aryl methyl sites for hydroxylation is 1. The van der Waals surface area contributed by atoms with E-state index < -0.39 is 10.0 Å². The van der Waals surface area contributed by atoms with E-state index in [9.17, 15) is 13.2 Å². The highest BCUT2D eigenvalue weighted by molar-refractivity contribution is 7.92. The molecule has 0 spiro atoms. The van der Waals surface area contributed by atoms with Crippen molar-refractivity contribution in [3.05, 3.63) is 107 Å². The molecule has 1 fully saturated rings. The van der Waals surface area contributed by atoms with Crippen LogP contribution in [0.4, 0.5) is 11.4 Å². The van der Waals surface area contributed by atoms with Gasteiger partial charge in [0.15, 0.2) is 5.11 Å². The van der Waals surface area contributed by atoms with E-state index in [-0.39, 0.29) is 18.1 Å². The first-order valence-corrected chi connectivity index (χ1v) is 14.8. The molecule has 5 rings (SSSR count). The monoisotopic (exact) mass is 575 g/mol. The van der Waals surface area contributed by atoms with Crippen molar-refractivity contribution in [3.63, 3.8) is 0 Å². The van der Waals surface area contributed by atoms with E-state index in [0.29, 0.717) is 16.4 Å². The zero-order valence-electron chi connectivity index (χ0n) is 22.5. The second kappa shape index (κ2) is 10.7. The maximum Gasteiger partial charge on any atom is 0.337 e. The first-order valence-electron chi connectivity index (χ1n) is 12.5. The Labute approximate surface area is 238 Å². The molecule has 0 amide bonds. The maximum atomic E-state index is 11.9. The lowest BCUT2D eigenvalue weighted by atomic mass is 9.96. The predicted octanol–water partition coefficient (Wildman–Crippen LogP) is 4.82. The van der Waals surface area contributed by atoms with Crippen LogP contribution in [0.15, 0.2) is 79.0 Å². The highest BCUT2D eigenvalue weighted by atomic mass is 32.2. The van der Waals surface area contributed by atoms with E-state index in [4.69, 9.17) is 17.0 Å². The fourth-order valence-electron chi connectivity index (χ4n) is 5.20. The molecule has 2 aromatic heterocycles. The number of rotatable bonds is 7. The lowest BCUT2D eigenvalue weighted by Crippen LogP contribution is -2.29. The Bertz CT molecular complexity index is 1670. The van der Waals surface area contributed by atoms with E-state index in [1.165, 1.54) is 7.11 Å². The van der Waals surface area contributed by atoms with Crippen molar-refractivity contribution in [3.8, 4) is 5.69 Å². The highest BCUT2D eigenvalue weighted by Crippen LogP contribution is 2.44. The van der Waals surface area contributed by atoms with Crippen molar-refractivity contribution in [1.29, 1.82) is 0 Å². The van der Waals surface area contributed by atoms with Crippen LogP contribution in [0.5, 0.6) is 0 Å². The Morgan fingerprint density at radius 1 is 1.02 bits per heavy atom. The molecule has 11 heteroatoms. The van der Waals surface area contributed by atoms with Gasteiger partial charge in [0.25, 0.3) is 0 Å². The Kier molecular flexibility index (Phi) is 7.35. The Hall–Kier alpha value is -4.22. The number of nitrogens with zero attached hydrogens (tertiary/aromatic N) is 3. The van der Waals surface area contributed by atoms with E-state index in [1.807, 2.05) is 54.3 Å². The summed E-state index contributed by atoms with van der Waals surface area (Å²) in [6.07, 6.45) is 2.88. The zero-order valence-corrected chi connectivity index (χ0v) is 24.1. The SMILES string of the molecule is COC(=O)c1ccc(-n2c(C)cc([C@@H]3[C@H](c4ccccn4)NC(=S)N3c3ccc(NS(C)(=O)=O)cc3)c2C)cc1. The van der Waals surface area contributed by atoms with Crippen LogP contribution in [0.3, 0.4) is 0 Å². The number of methoxy groups -OCH3 is 1. The average molecular weight is 576 g/mol. The maximum absolute atomic E-state index is 11.9. The summed E-state index contributed by atoms with van der Waals surface area (Å²) in [4.78, 5) is 18.6. The molecule has 2 aromatic carbocycles. The van der Waals surface area contributed by atoms with Gasteiger partial charge < -0.3 is 19.5 Å². The van der Waals surface area contributed by atoms with Crippen LogP contribution in [-0.4, -0.2) is 42.4 Å². The summed E-state index contributed by atoms with van der Waals surface area (Å²) >= 11 is 5.85. The topological polar surface area (TPSA) is 106 Å². The number of hydrogen-bond donors (Lipinski definition) is 2. The lowest BCUT2D eigenvalue weighted by molar-refractivity contribution is 0.0600. The number of aromatic nitrogens is 2. The number of pyridine rings is 1. The summed E-state index contributed by atoms with van der Waals surface area (Å²) < 4.78 is 32.9. The van der Waals surface area contributed by atoms with Crippen molar-refractivity contribution < 1.29 is 17.9 Å². The molecule has 1 saturated heterocycles. The highest BCUT2D eigenvalue weighted by Gasteiger charge is 2.42. The Balaban J connectivity index is 1.59. The minimum Gasteiger partial charge on any atom is -0.465 e. The number of anilines is 2. The molecule has 1 aliphatic heterocycles. The van der Waals surface area contributed by atoms with E-state index in [0.717, 1.165) is 40.3 Å². The number of carbonyl (C=O) groups excluding carboxylic acids is 1. The fourth-order valence-corrected chi connectivity index (χ4v) is 6.11. The molecule has 0 radical (unpaired) electrons. The number of nitrogens with one attached hydrogen (secondary N) is 2.